The fourth-order valence-corrected chi connectivity index (χ4v) is 4.19. The molecule has 3 rings (SSSR count). The molecular formula is C15H28N2. The van der Waals surface area contributed by atoms with Gasteiger partial charge in [0.2, 0.25) is 0 Å². The molecule has 2 heteroatoms. The van der Waals surface area contributed by atoms with Gasteiger partial charge in [-0.2, -0.15) is 0 Å². The van der Waals surface area contributed by atoms with Crippen LogP contribution in [0.1, 0.15) is 58.8 Å². The monoisotopic (exact) mass is 236 g/mol. The van der Waals surface area contributed by atoms with Crippen LogP contribution in [0, 0.1) is 5.92 Å². The standard InChI is InChI=1S/C15H28N2/c1-3-6-13-9-14(13)17-11-15(7-4-5-8-15)16-10-12(17)2/h12-14,16H,3-11H2,1-2H3. The van der Waals surface area contributed by atoms with Crippen LogP contribution >= 0.6 is 0 Å². The molecule has 2 nitrogen and oxygen atoms in total. The van der Waals surface area contributed by atoms with Crippen LogP contribution in [-0.4, -0.2) is 35.6 Å². The number of nitrogens with zero attached hydrogens (tertiary/aromatic N) is 1. The van der Waals surface area contributed by atoms with Crippen LogP contribution in [0.3, 0.4) is 0 Å². The molecule has 0 aromatic heterocycles. The Bertz CT molecular complexity index is 270. The lowest BCUT2D eigenvalue weighted by molar-refractivity contribution is 0.0770. The van der Waals surface area contributed by atoms with Crippen molar-refractivity contribution in [2.75, 3.05) is 13.1 Å². The van der Waals surface area contributed by atoms with Gasteiger partial charge < -0.3 is 5.32 Å². The molecule has 2 saturated carbocycles. The van der Waals surface area contributed by atoms with Crippen LogP contribution < -0.4 is 5.32 Å². The summed E-state index contributed by atoms with van der Waals surface area (Å²) in [6.45, 7) is 7.29. The first-order chi connectivity index (χ1) is 8.24. The van der Waals surface area contributed by atoms with Gasteiger partial charge in [0, 0.05) is 30.7 Å². The van der Waals surface area contributed by atoms with Crippen molar-refractivity contribution in [2.45, 2.75) is 76.4 Å². The maximum absolute atomic E-state index is 3.86. The minimum absolute atomic E-state index is 0.506. The van der Waals surface area contributed by atoms with Crippen LogP contribution in [0.4, 0.5) is 0 Å². The van der Waals surface area contributed by atoms with E-state index < -0.39 is 0 Å². The maximum atomic E-state index is 3.86. The van der Waals surface area contributed by atoms with E-state index in [4.69, 9.17) is 0 Å². The Morgan fingerprint density at radius 3 is 2.76 bits per heavy atom. The molecule has 0 bridgehead atoms. The number of nitrogens with one attached hydrogen (secondary N) is 1. The largest absolute Gasteiger partial charge is 0.308 e. The van der Waals surface area contributed by atoms with Gasteiger partial charge in [0.15, 0.2) is 0 Å². The highest BCUT2D eigenvalue weighted by Gasteiger charge is 2.48. The third-order valence-electron chi connectivity index (χ3n) is 5.36. The lowest BCUT2D eigenvalue weighted by Crippen LogP contribution is -2.63. The highest BCUT2D eigenvalue weighted by atomic mass is 15.3. The molecule has 98 valence electrons. The van der Waals surface area contributed by atoms with Crippen molar-refractivity contribution in [1.29, 1.82) is 0 Å². The molecule has 0 aromatic rings. The Balaban J connectivity index is 1.63. The molecule has 1 saturated heterocycles. The third kappa shape index (κ3) is 2.26. The summed E-state index contributed by atoms with van der Waals surface area (Å²) in [5.41, 5.74) is 0.506. The number of hydrogen-bond acceptors (Lipinski definition) is 2. The van der Waals surface area contributed by atoms with Crippen LogP contribution in [0.5, 0.6) is 0 Å². The number of hydrogen-bond donors (Lipinski definition) is 1. The maximum Gasteiger partial charge on any atom is 0.0309 e. The molecule has 17 heavy (non-hydrogen) atoms. The SMILES string of the molecule is CCCC1CC1N1CC2(CCCC2)NCC1C. The van der Waals surface area contributed by atoms with Crippen molar-refractivity contribution in [3.63, 3.8) is 0 Å². The molecule has 1 spiro atoms. The van der Waals surface area contributed by atoms with Gasteiger partial charge in [-0.3, -0.25) is 4.90 Å². The predicted octanol–water partition coefficient (Wildman–Crippen LogP) is 2.78. The van der Waals surface area contributed by atoms with Gasteiger partial charge >= 0.3 is 0 Å². The van der Waals surface area contributed by atoms with Crippen LogP contribution in [-0.2, 0) is 0 Å². The van der Waals surface area contributed by atoms with E-state index in [0.717, 1.165) is 18.0 Å². The molecule has 1 aliphatic heterocycles. The summed E-state index contributed by atoms with van der Waals surface area (Å²) in [6.07, 6.45) is 10.0. The highest BCUT2D eigenvalue weighted by Crippen LogP contribution is 2.43. The first-order valence-electron chi connectivity index (χ1n) is 7.75. The van der Waals surface area contributed by atoms with Gasteiger partial charge in [-0.15, -0.1) is 0 Å². The van der Waals surface area contributed by atoms with Crippen molar-refractivity contribution < 1.29 is 0 Å². The normalized spacial score (nSPS) is 40.9. The minimum atomic E-state index is 0.506. The van der Waals surface area contributed by atoms with E-state index >= 15 is 0 Å². The fourth-order valence-electron chi connectivity index (χ4n) is 4.19. The molecule has 3 atom stereocenters. The van der Waals surface area contributed by atoms with Gasteiger partial charge in [0.05, 0.1) is 0 Å². The van der Waals surface area contributed by atoms with Gasteiger partial charge in [0.25, 0.3) is 0 Å². The van der Waals surface area contributed by atoms with E-state index in [-0.39, 0.29) is 0 Å². The summed E-state index contributed by atoms with van der Waals surface area (Å²) in [6, 6.07) is 1.69. The second kappa shape index (κ2) is 4.55. The third-order valence-corrected chi connectivity index (χ3v) is 5.36. The summed E-state index contributed by atoms with van der Waals surface area (Å²) in [4.78, 5) is 2.85. The number of rotatable bonds is 3. The Morgan fingerprint density at radius 2 is 2.06 bits per heavy atom. The van der Waals surface area contributed by atoms with Gasteiger partial charge in [0.1, 0.15) is 0 Å². The molecule has 0 radical (unpaired) electrons. The summed E-state index contributed by atoms with van der Waals surface area (Å²) >= 11 is 0. The van der Waals surface area contributed by atoms with Crippen molar-refractivity contribution in [3.05, 3.63) is 0 Å². The van der Waals surface area contributed by atoms with Gasteiger partial charge in [-0.1, -0.05) is 26.2 Å². The lowest BCUT2D eigenvalue weighted by Gasteiger charge is -2.46. The Hall–Kier alpha value is -0.0800. The first kappa shape index (κ1) is 12.0. The first-order valence-corrected chi connectivity index (χ1v) is 7.75. The predicted molar refractivity (Wildman–Crippen MR) is 72.2 cm³/mol. The Labute approximate surface area is 106 Å². The van der Waals surface area contributed by atoms with E-state index in [2.05, 4.69) is 24.1 Å². The molecule has 0 amide bonds. The second-order valence-corrected chi connectivity index (χ2v) is 6.74. The second-order valence-electron chi connectivity index (χ2n) is 6.74. The molecule has 3 fully saturated rings. The zero-order valence-corrected chi connectivity index (χ0v) is 11.5. The van der Waals surface area contributed by atoms with Crippen molar-refractivity contribution in [1.82, 2.24) is 10.2 Å². The lowest BCUT2D eigenvalue weighted by atomic mass is 9.92. The van der Waals surface area contributed by atoms with Gasteiger partial charge in [-0.05, 0) is 38.5 Å². The Morgan fingerprint density at radius 1 is 1.29 bits per heavy atom. The summed E-state index contributed by atoms with van der Waals surface area (Å²) in [7, 11) is 0. The molecule has 2 aliphatic carbocycles. The van der Waals surface area contributed by atoms with Crippen molar-refractivity contribution in [2.24, 2.45) is 5.92 Å². The van der Waals surface area contributed by atoms with Crippen LogP contribution in [0.15, 0.2) is 0 Å². The molecule has 1 N–H and O–H groups in total. The highest BCUT2D eigenvalue weighted by molar-refractivity contribution is 5.06. The van der Waals surface area contributed by atoms with Crippen molar-refractivity contribution >= 4 is 0 Å². The Kier molecular flexibility index (Phi) is 3.20. The van der Waals surface area contributed by atoms with E-state index in [1.807, 2.05) is 0 Å². The van der Waals surface area contributed by atoms with E-state index in [1.165, 1.54) is 58.0 Å². The molecule has 3 aliphatic rings. The smallest absolute Gasteiger partial charge is 0.0309 e. The summed E-state index contributed by atoms with van der Waals surface area (Å²) in [5, 5.41) is 3.86. The zero-order chi connectivity index (χ0) is 11.9. The van der Waals surface area contributed by atoms with E-state index in [9.17, 15) is 0 Å². The number of piperazine rings is 1. The molecule has 1 heterocycles. The van der Waals surface area contributed by atoms with Crippen LogP contribution in [0.25, 0.3) is 0 Å². The van der Waals surface area contributed by atoms with Crippen molar-refractivity contribution in [3.8, 4) is 0 Å². The molecular weight excluding hydrogens is 208 g/mol. The summed E-state index contributed by atoms with van der Waals surface area (Å²) < 4.78 is 0. The average Bonchev–Trinajstić information content (AvgIpc) is 2.94. The summed E-state index contributed by atoms with van der Waals surface area (Å²) in [5.74, 6) is 1.03. The molecule has 3 unspecified atom stereocenters. The fraction of sp³-hybridized carbons (Fsp3) is 1.00. The van der Waals surface area contributed by atoms with E-state index in [1.54, 1.807) is 0 Å². The quantitative estimate of drug-likeness (QED) is 0.810. The zero-order valence-electron chi connectivity index (χ0n) is 11.5. The average molecular weight is 236 g/mol. The van der Waals surface area contributed by atoms with Gasteiger partial charge in [-0.25, -0.2) is 0 Å². The topological polar surface area (TPSA) is 15.3 Å². The van der Waals surface area contributed by atoms with E-state index in [0.29, 0.717) is 5.54 Å². The minimum Gasteiger partial charge on any atom is -0.308 e. The van der Waals surface area contributed by atoms with Crippen LogP contribution in [0.2, 0.25) is 0 Å². The molecule has 0 aromatic carbocycles.